The van der Waals surface area contributed by atoms with Crippen LogP contribution in [0.5, 0.6) is 5.75 Å². The lowest BCUT2D eigenvalue weighted by atomic mass is 10.1. The average Bonchev–Trinajstić information content (AvgIpc) is 3.22. The van der Waals surface area contributed by atoms with Crippen molar-refractivity contribution in [2.75, 3.05) is 38.2 Å². The number of sulfonamides is 1. The summed E-state index contributed by atoms with van der Waals surface area (Å²) >= 11 is 7.70. The van der Waals surface area contributed by atoms with Gasteiger partial charge in [-0.05, 0) is 29.8 Å². The van der Waals surface area contributed by atoms with E-state index < -0.39 is 10.0 Å². The van der Waals surface area contributed by atoms with Crippen LogP contribution in [-0.2, 0) is 16.4 Å². The monoisotopic (exact) mass is 463 g/mol. The standard InChI is InChI=1S/C21H22ClN3O3S2/c1-28-18-6-4-5-16(14-18)13-17-15-29-21(23-17)24-9-11-25(12-10-24)30(26,27)20-8-3-2-7-19(20)22/h2-8,14-15H,9-13H2,1H3. The molecule has 2 aromatic carbocycles. The fourth-order valence-corrected chi connectivity index (χ4v) is 6.22. The number of rotatable bonds is 6. The van der Waals surface area contributed by atoms with Gasteiger partial charge in [0.25, 0.3) is 0 Å². The van der Waals surface area contributed by atoms with Crippen molar-refractivity contribution >= 4 is 38.1 Å². The third-order valence-corrected chi connectivity index (χ3v) is 8.37. The molecule has 30 heavy (non-hydrogen) atoms. The molecule has 3 aromatic rings. The number of thiazole rings is 1. The molecule has 1 aliphatic heterocycles. The second-order valence-electron chi connectivity index (χ2n) is 6.97. The van der Waals surface area contributed by atoms with E-state index >= 15 is 0 Å². The van der Waals surface area contributed by atoms with Gasteiger partial charge >= 0.3 is 0 Å². The minimum atomic E-state index is -3.59. The molecule has 158 valence electrons. The summed E-state index contributed by atoms with van der Waals surface area (Å²) in [5.41, 5.74) is 2.14. The molecule has 0 N–H and O–H groups in total. The number of benzene rings is 2. The Morgan fingerprint density at radius 3 is 2.60 bits per heavy atom. The number of hydrogen-bond acceptors (Lipinski definition) is 6. The van der Waals surface area contributed by atoms with Crippen LogP contribution in [-0.4, -0.2) is 51.0 Å². The number of ether oxygens (including phenoxy) is 1. The van der Waals surface area contributed by atoms with E-state index in [9.17, 15) is 8.42 Å². The van der Waals surface area contributed by atoms with E-state index in [0.717, 1.165) is 28.6 Å². The molecule has 1 aromatic heterocycles. The van der Waals surface area contributed by atoms with Gasteiger partial charge in [-0.15, -0.1) is 11.3 Å². The summed E-state index contributed by atoms with van der Waals surface area (Å²) in [6, 6.07) is 14.5. The molecule has 1 aliphatic rings. The highest BCUT2D eigenvalue weighted by Gasteiger charge is 2.30. The molecule has 0 saturated carbocycles. The van der Waals surface area contributed by atoms with Gasteiger partial charge in [0, 0.05) is 38.0 Å². The molecule has 0 bridgehead atoms. The van der Waals surface area contributed by atoms with Crippen LogP contribution in [0.15, 0.2) is 58.8 Å². The Morgan fingerprint density at radius 2 is 1.87 bits per heavy atom. The number of halogens is 1. The highest BCUT2D eigenvalue weighted by Crippen LogP contribution is 2.28. The van der Waals surface area contributed by atoms with Crippen LogP contribution in [0.25, 0.3) is 0 Å². The Balaban J connectivity index is 1.41. The molecule has 2 heterocycles. The molecule has 9 heteroatoms. The molecule has 0 unspecified atom stereocenters. The van der Waals surface area contributed by atoms with E-state index in [2.05, 4.69) is 16.3 Å². The molecular weight excluding hydrogens is 442 g/mol. The summed E-state index contributed by atoms with van der Waals surface area (Å²) in [5, 5.41) is 3.23. The zero-order valence-electron chi connectivity index (χ0n) is 16.5. The smallest absolute Gasteiger partial charge is 0.244 e. The van der Waals surface area contributed by atoms with Gasteiger partial charge in [-0.1, -0.05) is 35.9 Å². The minimum Gasteiger partial charge on any atom is -0.497 e. The Kier molecular flexibility index (Phi) is 6.29. The van der Waals surface area contributed by atoms with Crippen LogP contribution in [0.4, 0.5) is 5.13 Å². The first-order chi connectivity index (χ1) is 14.5. The first-order valence-corrected chi connectivity index (χ1v) is 12.2. The zero-order chi connectivity index (χ0) is 21.1. The predicted molar refractivity (Wildman–Crippen MR) is 120 cm³/mol. The molecule has 6 nitrogen and oxygen atoms in total. The quantitative estimate of drug-likeness (QED) is 0.554. The average molecular weight is 464 g/mol. The van der Waals surface area contributed by atoms with E-state index in [0.29, 0.717) is 26.2 Å². The summed E-state index contributed by atoms with van der Waals surface area (Å²) in [4.78, 5) is 7.06. The highest BCUT2D eigenvalue weighted by atomic mass is 35.5. The first-order valence-electron chi connectivity index (χ1n) is 9.54. The summed E-state index contributed by atoms with van der Waals surface area (Å²) in [6.45, 7) is 1.99. The largest absolute Gasteiger partial charge is 0.497 e. The molecule has 0 spiro atoms. The van der Waals surface area contributed by atoms with Crippen LogP contribution < -0.4 is 9.64 Å². The predicted octanol–water partition coefficient (Wildman–Crippen LogP) is 3.91. The van der Waals surface area contributed by atoms with Crippen molar-refractivity contribution in [3.05, 3.63) is 70.2 Å². The topological polar surface area (TPSA) is 62.7 Å². The van der Waals surface area contributed by atoms with E-state index in [1.54, 1.807) is 42.7 Å². The van der Waals surface area contributed by atoms with Crippen LogP contribution in [0.3, 0.4) is 0 Å². The Labute approximate surface area is 185 Å². The number of aromatic nitrogens is 1. The van der Waals surface area contributed by atoms with E-state index in [1.807, 2.05) is 18.2 Å². The SMILES string of the molecule is COc1cccc(Cc2csc(N3CCN(S(=O)(=O)c4ccccc4Cl)CC3)n2)c1. The zero-order valence-corrected chi connectivity index (χ0v) is 18.9. The fourth-order valence-electron chi connectivity index (χ4n) is 3.43. The normalized spacial score (nSPS) is 15.3. The van der Waals surface area contributed by atoms with Gasteiger partial charge in [0.2, 0.25) is 10.0 Å². The highest BCUT2D eigenvalue weighted by molar-refractivity contribution is 7.89. The van der Waals surface area contributed by atoms with Gasteiger partial charge in [0.05, 0.1) is 17.8 Å². The van der Waals surface area contributed by atoms with Crippen LogP contribution in [0.1, 0.15) is 11.3 Å². The summed E-state index contributed by atoms with van der Waals surface area (Å²) in [6.07, 6.45) is 0.731. The number of anilines is 1. The fraction of sp³-hybridized carbons (Fsp3) is 0.286. The van der Waals surface area contributed by atoms with Crippen LogP contribution in [0, 0.1) is 0 Å². The molecule has 0 aliphatic carbocycles. The van der Waals surface area contributed by atoms with Crippen molar-refractivity contribution < 1.29 is 13.2 Å². The maximum atomic E-state index is 12.9. The molecule has 0 radical (unpaired) electrons. The van der Waals surface area contributed by atoms with Crippen LogP contribution >= 0.6 is 22.9 Å². The molecule has 0 atom stereocenters. The summed E-state index contributed by atoms with van der Waals surface area (Å²) in [7, 11) is -1.94. The van der Waals surface area contributed by atoms with Crippen molar-refractivity contribution in [1.82, 2.24) is 9.29 Å². The molecular formula is C21H22ClN3O3S2. The van der Waals surface area contributed by atoms with Crippen molar-refractivity contribution in [3.8, 4) is 5.75 Å². The number of methoxy groups -OCH3 is 1. The third-order valence-electron chi connectivity index (χ3n) is 5.02. The minimum absolute atomic E-state index is 0.162. The lowest BCUT2D eigenvalue weighted by Gasteiger charge is -2.33. The maximum Gasteiger partial charge on any atom is 0.244 e. The van der Waals surface area contributed by atoms with Crippen molar-refractivity contribution in [2.45, 2.75) is 11.3 Å². The van der Waals surface area contributed by atoms with E-state index in [4.69, 9.17) is 21.3 Å². The van der Waals surface area contributed by atoms with E-state index in [-0.39, 0.29) is 9.92 Å². The van der Waals surface area contributed by atoms with Crippen molar-refractivity contribution in [1.29, 1.82) is 0 Å². The Hall–Kier alpha value is -2.13. The van der Waals surface area contributed by atoms with Gasteiger partial charge in [0.15, 0.2) is 5.13 Å². The summed E-state index contributed by atoms with van der Waals surface area (Å²) in [5.74, 6) is 0.832. The molecule has 1 saturated heterocycles. The first kappa shape index (κ1) is 21.1. The molecule has 1 fully saturated rings. The number of nitrogens with zero attached hydrogens (tertiary/aromatic N) is 3. The second-order valence-corrected chi connectivity index (χ2v) is 10.1. The Bertz CT molecular complexity index is 1130. The Morgan fingerprint density at radius 1 is 1.10 bits per heavy atom. The van der Waals surface area contributed by atoms with Gasteiger partial charge in [0.1, 0.15) is 10.6 Å². The van der Waals surface area contributed by atoms with Crippen molar-refractivity contribution in [2.24, 2.45) is 0 Å². The van der Waals surface area contributed by atoms with Crippen LogP contribution in [0.2, 0.25) is 5.02 Å². The lowest BCUT2D eigenvalue weighted by Crippen LogP contribution is -2.48. The van der Waals surface area contributed by atoms with Gasteiger partial charge in [-0.3, -0.25) is 0 Å². The van der Waals surface area contributed by atoms with E-state index in [1.165, 1.54) is 4.31 Å². The maximum absolute atomic E-state index is 12.9. The third kappa shape index (κ3) is 4.46. The van der Waals surface area contributed by atoms with Crippen molar-refractivity contribution in [3.63, 3.8) is 0 Å². The molecule has 4 rings (SSSR count). The van der Waals surface area contributed by atoms with Gasteiger partial charge in [-0.2, -0.15) is 4.31 Å². The number of piperazine rings is 1. The molecule has 0 amide bonds. The number of hydrogen-bond donors (Lipinski definition) is 0. The second kappa shape index (κ2) is 8.93. The van der Waals surface area contributed by atoms with Gasteiger partial charge < -0.3 is 9.64 Å². The lowest BCUT2D eigenvalue weighted by molar-refractivity contribution is 0.384. The van der Waals surface area contributed by atoms with Gasteiger partial charge in [-0.25, -0.2) is 13.4 Å². The summed E-state index contributed by atoms with van der Waals surface area (Å²) < 4.78 is 32.6.